The maximum atomic E-state index is 9.59. The fourth-order valence-corrected chi connectivity index (χ4v) is 3.86. The van der Waals surface area contributed by atoms with Crippen LogP contribution in [0.25, 0.3) is 0 Å². The molecule has 0 bridgehead atoms. The van der Waals surface area contributed by atoms with E-state index in [9.17, 15) is 10.5 Å². The van der Waals surface area contributed by atoms with Gasteiger partial charge in [-0.1, -0.05) is 104 Å². The van der Waals surface area contributed by atoms with E-state index in [1.807, 2.05) is 0 Å². The van der Waals surface area contributed by atoms with E-state index in [-0.39, 0.29) is 0 Å². The third-order valence-electron chi connectivity index (χ3n) is 5.86. The molecule has 0 aliphatic carbocycles. The van der Waals surface area contributed by atoms with Crippen molar-refractivity contribution in [3.8, 4) is 23.6 Å². The van der Waals surface area contributed by atoms with Crippen molar-refractivity contribution in [2.75, 3.05) is 13.2 Å². The van der Waals surface area contributed by atoms with Gasteiger partial charge in [0.1, 0.15) is 34.8 Å². The van der Waals surface area contributed by atoms with Gasteiger partial charge in [-0.05, 0) is 25.0 Å². The molecule has 0 spiro atoms. The van der Waals surface area contributed by atoms with Crippen LogP contribution in [-0.2, 0) is 0 Å². The van der Waals surface area contributed by atoms with Gasteiger partial charge in [0.15, 0.2) is 0 Å². The lowest BCUT2D eigenvalue weighted by Gasteiger charge is -2.13. The van der Waals surface area contributed by atoms with Crippen LogP contribution >= 0.6 is 0 Å². The number of nitriles is 2. The van der Waals surface area contributed by atoms with Crippen LogP contribution in [0.5, 0.6) is 11.5 Å². The molecule has 1 rings (SSSR count). The van der Waals surface area contributed by atoms with Gasteiger partial charge >= 0.3 is 0 Å². The van der Waals surface area contributed by atoms with Gasteiger partial charge in [-0.15, -0.1) is 0 Å². The quantitative estimate of drug-likeness (QED) is 0.191. The van der Waals surface area contributed by atoms with Gasteiger partial charge in [0.05, 0.1) is 13.2 Å². The summed E-state index contributed by atoms with van der Waals surface area (Å²) in [4.78, 5) is 0. The highest BCUT2D eigenvalue weighted by atomic mass is 16.5. The van der Waals surface area contributed by atoms with Crippen LogP contribution in [0.1, 0.15) is 128 Å². The first-order chi connectivity index (χ1) is 15.8. The molecule has 0 radical (unpaired) electrons. The van der Waals surface area contributed by atoms with Crippen LogP contribution in [0.3, 0.4) is 0 Å². The molecule has 0 atom stereocenters. The minimum absolute atomic E-state index is 0.292. The second-order valence-electron chi connectivity index (χ2n) is 8.68. The molecule has 4 nitrogen and oxygen atoms in total. The van der Waals surface area contributed by atoms with Crippen molar-refractivity contribution in [1.29, 1.82) is 10.5 Å². The van der Waals surface area contributed by atoms with Crippen molar-refractivity contribution in [1.82, 2.24) is 0 Å². The summed E-state index contributed by atoms with van der Waals surface area (Å²) in [5.41, 5.74) is 0.584. The van der Waals surface area contributed by atoms with Crippen molar-refractivity contribution >= 4 is 0 Å². The van der Waals surface area contributed by atoms with Crippen LogP contribution in [0.4, 0.5) is 0 Å². The van der Waals surface area contributed by atoms with Crippen LogP contribution in [0.2, 0.25) is 0 Å². The molecule has 0 aliphatic heterocycles. The molecule has 0 fully saturated rings. The minimum atomic E-state index is 0.292. The predicted molar refractivity (Wildman–Crippen MR) is 132 cm³/mol. The second-order valence-corrected chi connectivity index (χ2v) is 8.68. The van der Waals surface area contributed by atoms with E-state index >= 15 is 0 Å². The summed E-state index contributed by atoms with van der Waals surface area (Å²) in [6.45, 7) is 5.63. The molecule has 0 unspecified atom stereocenters. The lowest BCUT2D eigenvalue weighted by atomic mass is 10.1. The highest BCUT2D eigenvalue weighted by molar-refractivity contribution is 5.60. The van der Waals surface area contributed by atoms with Gasteiger partial charge in [-0.3, -0.25) is 0 Å². The summed E-state index contributed by atoms with van der Waals surface area (Å²) in [7, 11) is 0. The average molecular weight is 441 g/mol. The third kappa shape index (κ3) is 12.0. The molecular formula is C28H44N2O2. The fraction of sp³-hybridized carbons (Fsp3) is 0.714. The number of unbranched alkanes of at least 4 members (excludes halogenated alkanes) is 14. The Kier molecular flexibility index (Phi) is 16.9. The normalized spacial score (nSPS) is 10.5. The zero-order valence-corrected chi connectivity index (χ0v) is 20.6. The number of hydrogen-bond donors (Lipinski definition) is 0. The molecule has 0 heterocycles. The minimum Gasteiger partial charge on any atom is -0.492 e. The molecule has 1 aromatic carbocycles. The zero-order valence-electron chi connectivity index (χ0n) is 20.6. The molecule has 0 aliphatic rings. The Labute approximate surface area is 196 Å². The van der Waals surface area contributed by atoms with E-state index in [0.717, 1.165) is 25.7 Å². The monoisotopic (exact) mass is 440 g/mol. The number of nitrogens with zero attached hydrogens (tertiary/aromatic N) is 2. The van der Waals surface area contributed by atoms with Gasteiger partial charge in [0.2, 0.25) is 0 Å². The average Bonchev–Trinajstić information content (AvgIpc) is 2.81. The topological polar surface area (TPSA) is 66.0 Å². The Morgan fingerprint density at radius 1 is 0.531 bits per heavy atom. The smallest absolute Gasteiger partial charge is 0.138 e. The lowest BCUT2D eigenvalue weighted by molar-refractivity contribution is 0.295. The van der Waals surface area contributed by atoms with Gasteiger partial charge < -0.3 is 9.47 Å². The van der Waals surface area contributed by atoms with E-state index in [1.54, 1.807) is 12.1 Å². The maximum Gasteiger partial charge on any atom is 0.138 e. The molecule has 178 valence electrons. The zero-order chi connectivity index (χ0) is 23.3. The van der Waals surface area contributed by atoms with Crippen molar-refractivity contribution in [2.45, 2.75) is 117 Å². The van der Waals surface area contributed by atoms with E-state index < -0.39 is 0 Å². The molecular weight excluding hydrogens is 396 g/mol. The fourth-order valence-electron chi connectivity index (χ4n) is 3.86. The van der Waals surface area contributed by atoms with Gasteiger partial charge in [-0.25, -0.2) is 0 Å². The highest BCUT2D eigenvalue weighted by Crippen LogP contribution is 2.30. The summed E-state index contributed by atoms with van der Waals surface area (Å²) in [6.07, 6.45) is 19.8. The van der Waals surface area contributed by atoms with E-state index in [4.69, 9.17) is 9.47 Å². The van der Waals surface area contributed by atoms with Crippen LogP contribution < -0.4 is 9.47 Å². The number of benzene rings is 1. The van der Waals surface area contributed by atoms with Gasteiger partial charge in [0, 0.05) is 0 Å². The first kappa shape index (κ1) is 27.8. The molecule has 0 amide bonds. The van der Waals surface area contributed by atoms with E-state index in [0.29, 0.717) is 35.8 Å². The van der Waals surface area contributed by atoms with Gasteiger partial charge in [0.25, 0.3) is 0 Å². The molecule has 0 saturated carbocycles. The van der Waals surface area contributed by atoms with Gasteiger partial charge in [-0.2, -0.15) is 10.5 Å². The first-order valence-electron chi connectivity index (χ1n) is 13.0. The Balaban J connectivity index is 2.35. The Morgan fingerprint density at radius 3 is 1.16 bits per heavy atom. The van der Waals surface area contributed by atoms with Crippen molar-refractivity contribution in [2.24, 2.45) is 0 Å². The molecule has 1 aromatic rings. The Bertz CT molecular complexity index is 629. The molecule has 32 heavy (non-hydrogen) atoms. The summed E-state index contributed by atoms with van der Waals surface area (Å²) >= 11 is 0. The summed E-state index contributed by atoms with van der Waals surface area (Å²) in [5, 5.41) is 19.2. The van der Waals surface area contributed by atoms with Crippen molar-refractivity contribution < 1.29 is 9.47 Å². The standard InChI is InChI=1S/C28H44N2O2/c1-3-5-7-9-11-13-15-17-21-31-27-19-20-28(26(24-30)25(27)23-29)32-22-18-16-14-12-10-8-6-4-2/h19-20H,3-18,21-22H2,1-2H3. The maximum absolute atomic E-state index is 9.59. The number of ether oxygens (including phenoxy) is 2. The summed E-state index contributed by atoms with van der Waals surface area (Å²) < 4.78 is 11.7. The predicted octanol–water partition coefficient (Wildman–Crippen LogP) is 8.47. The molecule has 4 heteroatoms. The lowest BCUT2D eigenvalue weighted by Crippen LogP contribution is -2.04. The van der Waals surface area contributed by atoms with Crippen molar-refractivity contribution in [3.63, 3.8) is 0 Å². The van der Waals surface area contributed by atoms with Crippen LogP contribution in [0.15, 0.2) is 12.1 Å². The summed E-state index contributed by atoms with van der Waals surface area (Å²) in [6, 6.07) is 7.83. The number of hydrogen-bond acceptors (Lipinski definition) is 4. The summed E-state index contributed by atoms with van der Waals surface area (Å²) in [5.74, 6) is 0.984. The highest BCUT2D eigenvalue weighted by Gasteiger charge is 2.15. The first-order valence-corrected chi connectivity index (χ1v) is 13.0. The SMILES string of the molecule is CCCCCCCCCCOc1ccc(OCCCCCCCCCC)c(C#N)c1C#N. The Morgan fingerprint density at radius 2 is 0.844 bits per heavy atom. The second kappa shape index (κ2) is 19.5. The van der Waals surface area contributed by atoms with Crippen LogP contribution in [0, 0.1) is 22.7 Å². The Hall–Kier alpha value is -2.20. The molecule has 0 N–H and O–H groups in total. The molecule has 0 aromatic heterocycles. The van der Waals surface area contributed by atoms with Crippen LogP contribution in [-0.4, -0.2) is 13.2 Å². The third-order valence-corrected chi connectivity index (χ3v) is 5.86. The largest absolute Gasteiger partial charge is 0.492 e. The van der Waals surface area contributed by atoms with E-state index in [2.05, 4.69) is 26.0 Å². The molecule has 0 saturated heterocycles. The van der Waals surface area contributed by atoms with Crippen molar-refractivity contribution in [3.05, 3.63) is 23.3 Å². The number of rotatable bonds is 20. The van der Waals surface area contributed by atoms with E-state index in [1.165, 1.54) is 77.0 Å².